The maximum atomic E-state index is 12.7. The number of carbonyl (C=O) groups is 1. The summed E-state index contributed by atoms with van der Waals surface area (Å²) in [7, 11) is 0. The summed E-state index contributed by atoms with van der Waals surface area (Å²) in [5.41, 5.74) is 2.68. The first-order valence-corrected chi connectivity index (χ1v) is 8.26. The summed E-state index contributed by atoms with van der Waals surface area (Å²) in [4.78, 5) is 12.7. The van der Waals surface area contributed by atoms with E-state index in [1.165, 1.54) is 12.1 Å². The lowest BCUT2D eigenvalue weighted by Crippen LogP contribution is -2.13. The summed E-state index contributed by atoms with van der Waals surface area (Å²) < 4.78 is 34.8. The molecular formula is C20H18F2O4. The fraction of sp³-hybridized carbons (Fsp3) is 0.250. The van der Waals surface area contributed by atoms with Crippen molar-refractivity contribution < 1.29 is 28.2 Å². The Morgan fingerprint density at radius 3 is 2.69 bits per heavy atom. The number of phenolic OH excluding ortho intramolecular Hbond substituents is 1. The zero-order valence-corrected chi connectivity index (χ0v) is 14.2. The van der Waals surface area contributed by atoms with Gasteiger partial charge in [0.2, 0.25) is 0 Å². The molecule has 1 aliphatic rings. The number of halogens is 2. The number of fused-ring (bicyclic) bond motifs is 1. The monoisotopic (exact) mass is 360 g/mol. The molecule has 0 atom stereocenters. The van der Waals surface area contributed by atoms with Crippen molar-refractivity contribution >= 4 is 11.9 Å². The first kappa shape index (κ1) is 17.9. The third-order valence-electron chi connectivity index (χ3n) is 4.11. The molecule has 136 valence electrons. The second kappa shape index (κ2) is 7.56. The molecule has 0 radical (unpaired) electrons. The number of allylic oxidation sites excluding steroid dienone is 1. The standard InChI is InChI=1S/C20H18F2O4/c1-2-25-18-10-12(3-8-17(18)26-20(21)22)9-14-5-4-13-11-15(23)6-7-16(13)19(14)24/h3,6-11,20,23H,2,4-5H2,1H3/b14-9+. The number of rotatable bonds is 5. The number of phenols is 1. The van der Waals surface area contributed by atoms with Gasteiger partial charge in [0.1, 0.15) is 5.75 Å². The zero-order valence-electron chi connectivity index (χ0n) is 14.2. The van der Waals surface area contributed by atoms with E-state index in [1.54, 1.807) is 37.3 Å². The Morgan fingerprint density at radius 2 is 1.96 bits per heavy atom. The molecular weight excluding hydrogens is 342 g/mol. The van der Waals surface area contributed by atoms with Crippen molar-refractivity contribution in [3.63, 3.8) is 0 Å². The first-order valence-electron chi connectivity index (χ1n) is 8.26. The molecule has 0 spiro atoms. The van der Waals surface area contributed by atoms with E-state index in [0.717, 1.165) is 5.56 Å². The van der Waals surface area contributed by atoms with Crippen LogP contribution in [0.25, 0.3) is 6.08 Å². The van der Waals surface area contributed by atoms with Gasteiger partial charge >= 0.3 is 6.61 Å². The van der Waals surface area contributed by atoms with Crippen LogP contribution in [0.15, 0.2) is 42.0 Å². The van der Waals surface area contributed by atoms with Crippen LogP contribution in [-0.4, -0.2) is 24.1 Å². The third-order valence-corrected chi connectivity index (χ3v) is 4.11. The summed E-state index contributed by atoms with van der Waals surface area (Å²) in [6.07, 6.45) is 2.91. The molecule has 4 nitrogen and oxygen atoms in total. The molecule has 0 aliphatic heterocycles. The van der Waals surface area contributed by atoms with Crippen molar-refractivity contribution in [3.8, 4) is 17.2 Å². The summed E-state index contributed by atoms with van der Waals surface area (Å²) in [5, 5.41) is 9.54. The van der Waals surface area contributed by atoms with Gasteiger partial charge in [0.25, 0.3) is 0 Å². The Kier molecular flexibility index (Phi) is 5.21. The van der Waals surface area contributed by atoms with Crippen LogP contribution in [0, 0.1) is 0 Å². The molecule has 0 bridgehead atoms. The second-order valence-corrected chi connectivity index (χ2v) is 5.86. The smallest absolute Gasteiger partial charge is 0.387 e. The average molecular weight is 360 g/mol. The van der Waals surface area contributed by atoms with E-state index in [9.17, 15) is 18.7 Å². The van der Waals surface area contributed by atoms with Gasteiger partial charge in [-0.05, 0) is 67.3 Å². The van der Waals surface area contributed by atoms with E-state index in [-0.39, 0.29) is 23.0 Å². The van der Waals surface area contributed by atoms with Gasteiger partial charge < -0.3 is 14.6 Å². The summed E-state index contributed by atoms with van der Waals surface area (Å²) in [5.74, 6) is 0.201. The van der Waals surface area contributed by atoms with E-state index < -0.39 is 6.61 Å². The number of hydrogen-bond donors (Lipinski definition) is 1. The molecule has 6 heteroatoms. The van der Waals surface area contributed by atoms with E-state index >= 15 is 0 Å². The quantitative estimate of drug-likeness (QED) is 0.792. The second-order valence-electron chi connectivity index (χ2n) is 5.86. The number of hydrogen-bond acceptors (Lipinski definition) is 4. The molecule has 0 aromatic heterocycles. The number of aromatic hydroxyl groups is 1. The lowest BCUT2D eigenvalue weighted by molar-refractivity contribution is -0.0514. The Hall–Kier alpha value is -2.89. The van der Waals surface area contributed by atoms with Crippen LogP contribution < -0.4 is 9.47 Å². The fourth-order valence-electron chi connectivity index (χ4n) is 2.98. The topological polar surface area (TPSA) is 55.8 Å². The Bertz CT molecular complexity index is 859. The molecule has 2 aromatic carbocycles. The number of alkyl halides is 2. The van der Waals surface area contributed by atoms with E-state index in [4.69, 9.17) is 4.74 Å². The molecule has 0 saturated heterocycles. The van der Waals surface area contributed by atoms with Gasteiger partial charge in [0.15, 0.2) is 17.3 Å². The van der Waals surface area contributed by atoms with Gasteiger partial charge in [-0.1, -0.05) is 6.07 Å². The van der Waals surface area contributed by atoms with Gasteiger partial charge in [0.05, 0.1) is 6.61 Å². The van der Waals surface area contributed by atoms with E-state index in [1.807, 2.05) is 0 Å². The summed E-state index contributed by atoms with van der Waals surface area (Å²) in [6.45, 7) is -0.893. The summed E-state index contributed by atoms with van der Waals surface area (Å²) >= 11 is 0. The number of aryl methyl sites for hydroxylation is 1. The van der Waals surface area contributed by atoms with Crippen molar-refractivity contribution in [1.29, 1.82) is 0 Å². The highest BCUT2D eigenvalue weighted by Crippen LogP contribution is 2.33. The van der Waals surface area contributed by atoms with Gasteiger partial charge in [0, 0.05) is 11.1 Å². The highest BCUT2D eigenvalue weighted by Gasteiger charge is 2.22. The molecule has 0 heterocycles. The zero-order chi connectivity index (χ0) is 18.7. The number of ketones is 1. The molecule has 26 heavy (non-hydrogen) atoms. The molecule has 2 aromatic rings. The van der Waals surface area contributed by atoms with Gasteiger partial charge in [-0.2, -0.15) is 8.78 Å². The molecule has 0 unspecified atom stereocenters. The predicted octanol–water partition coefficient (Wildman–Crippen LogP) is 4.60. The van der Waals surface area contributed by atoms with E-state index in [2.05, 4.69) is 4.74 Å². The number of Topliss-reactive ketones (excluding diaryl/α,β-unsaturated/α-hetero) is 1. The minimum atomic E-state index is -2.94. The molecule has 1 aliphatic carbocycles. The van der Waals surface area contributed by atoms with Gasteiger partial charge in [-0.25, -0.2) is 0 Å². The fourth-order valence-corrected chi connectivity index (χ4v) is 2.98. The van der Waals surface area contributed by atoms with Crippen molar-refractivity contribution in [2.45, 2.75) is 26.4 Å². The van der Waals surface area contributed by atoms with E-state index in [0.29, 0.717) is 36.1 Å². The SMILES string of the molecule is CCOc1cc(/C=C2\CCc3cc(O)ccc3C2=O)ccc1OC(F)F. The molecule has 3 rings (SSSR count). The largest absolute Gasteiger partial charge is 0.508 e. The Balaban J connectivity index is 1.91. The highest BCUT2D eigenvalue weighted by atomic mass is 19.3. The first-order chi connectivity index (χ1) is 12.5. The van der Waals surface area contributed by atoms with Gasteiger partial charge in [-0.15, -0.1) is 0 Å². The van der Waals surface area contributed by atoms with Crippen molar-refractivity contribution in [3.05, 3.63) is 58.7 Å². The summed E-state index contributed by atoms with van der Waals surface area (Å²) in [6, 6.07) is 9.30. The molecule has 0 amide bonds. The van der Waals surface area contributed by atoms with Crippen LogP contribution >= 0.6 is 0 Å². The minimum absolute atomic E-state index is 0.0419. The number of ether oxygens (including phenoxy) is 2. The van der Waals surface area contributed by atoms with Crippen molar-refractivity contribution in [2.24, 2.45) is 0 Å². The van der Waals surface area contributed by atoms with Crippen LogP contribution in [0.4, 0.5) is 8.78 Å². The van der Waals surface area contributed by atoms with Crippen LogP contribution in [0.3, 0.4) is 0 Å². The lowest BCUT2D eigenvalue weighted by Gasteiger charge is -2.18. The van der Waals surface area contributed by atoms with Crippen LogP contribution in [0.5, 0.6) is 17.2 Å². The number of carbonyl (C=O) groups excluding carboxylic acids is 1. The highest BCUT2D eigenvalue weighted by molar-refractivity contribution is 6.13. The maximum absolute atomic E-state index is 12.7. The molecule has 0 fully saturated rings. The molecule has 0 saturated carbocycles. The maximum Gasteiger partial charge on any atom is 0.387 e. The molecule has 1 N–H and O–H groups in total. The minimum Gasteiger partial charge on any atom is -0.508 e. The Morgan fingerprint density at radius 1 is 1.15 bits per heavy atom. The predicted molar refractivity (Wildman–Crippen MR) is 93.0 cm³/mol. The van der Waals surface area contributed by atoms with Crippen molar-refractivity contribution in [2.75, 3.05) is 6.61 Å². The van der Waals surface area contributed by atoms with Crippen LogP contribution in [-0.2, 0) is 6.42 Å². The van der Waals surface area contributed by atoms with Crippen molar-refractivity contribution in [1.82, 2.24) is 0 Å². The average Bonchev–Trinajstić information content (AvgIpc) is 2.59. The normalized spacial score (nSPS) is 15.2. The van der Waals surface area contributed by atoms with Crippen LogP contribution in [0.1, 0.15) is 34.8 Å². The lowest BCUT2D eigenvalue weighted by atomic mass is 9.86. The Labute approximate surface area is 149 Å². The van der Waals surface area contributed by atoms with Gasteiger partial charge in [-0.3, -0.25) is 4.79 Å². The number of benzene rings is 2. The van der Waals surface area contributed by atoms with Crippen LogP contribution in [0.2, 0.25) is 0 Å². The third kappa shape index (κ3) is 3.85.